The van der Waals surface area contributed by atoms with Gasteiger partial charge in [0.15, 0.2) is 0 Å². The fourth-order valence-electron chi connectivity index (χ4n) is 3.24. The van der Waals surface area contributed by atoms with Gasteiger partial charge in [-0.05, 0) is 36.9 Å². The largest absolute Gasteiger partial charge is 0.465 e. The zero-order valence-electron chi connectivity index (χ0n) is 14.9. The van der Waals surface area contributed by atoms with Crippen molar-refractivity contribution in [2.75, 3.05) is 23.9 Å². The van der Waals surface area contributed by atoms with Crippen molar-refractivity contribution < 1.29 is 14.3 Å². The zero-order chi connectivity index (χ0) is 19.0. The van der Waals surface area contributed by atoms with Gasteiger partial charge in [-0.15, -0.1) is 11.3 Å². The van der Waals surface area contributed by atoms with E-state index in [-0.39, 0.29) is 5.91 Å². The lowest BCUT2D eigenvalue weighted by Crippen LogP contribution is -2.34. The highest BCUT2D eigenvalue weighted by molar-refractivity contribution is 7.14. The van der Waals surface area contributed by atoms with Crippen molar-refractivity contribution >= 4 is 44.9 Å². The van der Waals surface area contributed by atoms with Gasteiger partial charge in [0.05, 0.1) is 18.2 Å². The Bertz CT molecular complexity index is 1030. The minimum Gasteiger partial charge on any atom is -0.465 e. The first-order valence-corrected chi connectivity index (χ1v) is 9.41. The van der Waals surface area contributed by atoms with Crippen molar-refractivity contribution in [3.8, 4) is 0 Å². The number of nitrogens with one attached hydrogen (secondary N) is 1. The third kappa shape index (κ3) is 3.12. The second-order valence-corrected chi connectivity index (χ2v) is 7.24. The van der Waals surface area contributed by atoms with E-state index < -0.39 is 12.0 Å². The Morgan fingerprint density at radius 3 is 3.00 bits per heavy atom. The van der Waals surface area contributed by atoms with E-state index in [4.69, 9.17) is 4.74 Å². The van der Waals surface area contributed by atoms with Crippen LogP contribution in [-0.2, 0) is 9.53 Å². The number of carbonyl (C=O) groups excluding carboxylic acids is 2. The van der Waals surface area contributed by atoms with Crippen molar-refractivity contribution in [2.45, 2.75) is 19.4 Å². The zero-order valence-corrected chi connectivity index (χ0v) is 15.7. The molecular formula is C19H18N4O3S. The average molecular weight is 382 g/mol. The van der Waals surface area contributed by atoms with Gasteiger partial charge in [0.2, 0.25) is 5.91 Å². The number of esters is 1. The molecule has 0 bridgehead atoms. The van der Waals surface area contributed by atoms with Gasteiger partial charge < -0.3 is 15.0 Å². The van der Waals surface area contributed by atoms with Crippen LogP contribution >= 0.6 is 11.3 Å². The number of methoxy groups -OCH3 is 1. The highest BCUT2D eigenvalue weighted by Gasteiger charge is 2.35. The molecule has 3 aromatic rings. The Balaban J connectivity index is 1.60. The first-order chi connectivity index (χ1) is 13.1. The van der Waals surface area contributed by atoms with E-state index in [0.717, 1.165) is 16.5 Å². The summed E-state index contributed by atoms with van der Waals surface area (Å²) in [7, 11) is 1.34. The van der Waals surface area contributed by atoms with E-state index in [9.17, 15) is 9.59 Å². The highest BCUT2D eigenvalue weighted by Crippen LogP contribution is 2.33. The fourth-order valence-corrected chi connectivity index (χ4v) is 4.16. The number of ether oxygens (including phenoxy) is 1. The van der Waals surface area contributed by atoms with Gasteiger partial charge in [0, 0.05) is 11.9 Å². The minimum atomic E-state index is -0.437. The molecule has 2 aromatic heterocycles. The Labute approximate surface area is 160 Å². The summed E-state index contributed by atoms with van der Waals surface area (Å²) < 4.78 is 4.81. The van der Waals surface area contributed by atoms with E-state index in [0.29, 0.717) is 29.3 Å². The number of amides is 1. The van der Waals surface area contributed by atoms with Crippen molar-refractivity contribution in [3.63, 3.8) is 0 Å². The van der Waals surface area contributed by atoms with Crippen molar-refractivity contribution in [3.05, 3.63) is 47.1 Å². The number of aromatic nitrogens is 2. The van der Waals surface area contributed by atoms with Gasteiger partial charge in [-0.1, -0.05) is 11.6 Å². The summed E-state index contributed by atoms with van der Waals surface area (Å²) >= 11 is 1.36. The molecule has 1 aliphatic rings. The third-order valence-corrected chi connectivity index (χ3v) is 5.54. The predicted octanol–water partition coefficient (Wildman–Crippen LogP) is 3.00. The van der Waals surface area contributed by atoms with Crippen LogP contribution in [0.25, 0.3) is 10.9 Å². The molecule has 1 N–H and O–H groups in total. The van der Waals surface area contributed by atoms with Gasteiger partial charge in [0.25, 0.3) is 0 Å². The van der Waals surface area contributed by atoms with E-state index in [1.807, 2.05) is 25.1 Å². The van der Waals surface area contributed by atoms with Crippen LogP contribution in [0.15, 0.2) is 36.0 Å². The summed E-state index contributed by atoms with van der Waals surface area (Å²) in [5, 5.41) is 6.56. The minimum absolute atomic E-state index is 0.0815. The van der Waals surface area contributed by atoms with Gasteiger partial charge in [-0.3, -0.25) is 4.79 Å². The van der Waals surface area contributed by atoms with E-state index in [2.05, 4.69) is 15.3 Å². The van der Waals surface area contributed by atoms with E-state index in [1.165, 1.54) is 24.8 Å². The van der Waals surface area contributed by atoms with Crippen LogP contribution in [-0.4, -0.2) is 41.5 Å². The second-order valence-electron chi connectivity index (χ2n) is 6.35. The summed E-state index contributed by atoms with van der Waals surface area (Å²) in [5.41, 5.74) is 2.34. The van der Waals surface area contributed by atoms with Crippen molar-refractivity contribution in [2.24, 2.45) is 0 Å². The molecule has 0 radical (unpaired) electrons. The first kappa shape index (κ1) is 17.4. The number of carbonyl (C=O) groups is 2. The second kappa shape index (κ2) is 6.96. The SMILES string of the molecule is COC(=O)c1ccsc1N1CCC(Nc2ncnc3ccc(C)cc23)C1=O. The van der Waals surface area contributed by atoms with Crippen LogP contribution in [0, 0.1) is 6.92 Å². The molecule has 7 nitrogen and oxygen atoms in total. The summed E-state index contributed by atoms with van der Waals surface area (Å²) in [6.45, 7) is 2.53. The molecule has 1 amide bonds. The van der Waals surface area contributed by atoms with Crippen LogP contribution in [0.5, 0.6) is 0 Å². The molecule has 27 heavy (non-hydrogen) atoms. The summed E-state index contributed by atoms with van der Waals surface area (Å²) in [4.78, 5) is 35.1. The Hall–Kier alpha value is -3.00. The first-order valence-electron chi connectivity index (χ1n) is 8.53. The maximum absolute atomic E-state index is 12.9. The van der Waals surface area contributed by atoms with Crippen LogP contribution in [0.4, 0.5) is 10.8 Å². The topological polar surface area (TPSA) is 84.4 Å². The number of hydrogen-bond acceptors (Lipinski definition) is 7. The highest BCUT2D eigenvalue weighted by atomic mass is 32.1. The van der Waals surface area contributed by atoms with Gasteiger partial charge in [-0.25, -0.2) is 14.8 Å². The van der Waals surface area contributed by atoms with Gasteiger partial charge >= 0.3 is 5.97 Å². The quantitative estimate of drug-likeness (QED) is 0.699. The van der Waals surface area contributed by atoms with Crippen LogP contribution < -0.4 is 10.2 Å². The Morgan fingerprint density at radius 2 is 2.19 bits per heavy atom. The normalized spacial score (nSPS) is 16.7. The number of rotatable bonds is 4. The molecule has 4 rings (SSSR count). The lowest BCUT2D eigenvalue weighted by Gasteiger charge is -2.17. The number of nitrogens with zero attached hydrogens (tertiary/aromatic N) is 3. The molecule has 1 aliphatic heterocycles. The predicted molar refractivity (Wildman–Crippen MR) is 104 cm³/mol. The number of aryl methyl sites for hydroxylation is 1. The van der Waals surface area contributed by atoms with Crippen LogP contribution in [0.3, 0.4) is 0 Å². The summed E-state index contributed by atoms with van der Waals surface area (Å²) in [5.74, 6) is 0.123. The molecule has 1 fully saturated rings. The molecular weight excluding hydrogens is 364 g/mol. The Kier molecular flexibility index (Phi) is 4.49. The standard InChI is InChI=1S/C19H18N4O3S/c1-11-3-4-14-13(9-11)16(21-10-20-14)22-15-5-7-23(17(15)24)18-12(6-8-27-18)19(25)26-2/h3-4,6,8-10,15H,5,7H2,1-2H3,(H,20,21,22). The number of thiophene rings is 1. The number of fused-ring (bicyclic) bond motifs is 1. The molecule has 138 valence electrons. The molecule has 0 saturated carbocycles. The third-order valence-electron chi connectivity index (χ3n) is 4.60. The number of anilines is 2. The van der Waals surface area contributed by atoms with Crippen molar-refractivity contribution in [1.29, 1.82) is 0 Å². The Morgan fingerprint density at radius 1 is 1.33 bits per heavy atom. The van der Waals surface area contributed by atoms with Gasteiger partial charge in [-0.2, -0.15) is 0 Å². The van der Waals surface area contributed by atoms with Crippen molar-refractivity contribution in [1.82, 2.24) is 9.97 Å². The fraction of sp³-hybridized carbons (Fsp3) is 0.263. The summed E-state index contributed by atoms with van der Waals surface area (Å²) in [6, 6.07) is 7.21. The van der Waals surface area contributed by atoms with Crippen LogP contribution in [0.2, 0.25) is 0 Å². The molecule has 3 heterocycles. The monoisotopic (exact) mass is 382 g/mol. The lowest BCUT2D eigenvalue weighted by molar-refractivity contribution is -0.117. The molecule has 1 atom stereocenters. The molecule has 1 aromatic carbocycles. The van der Waals surface area contributed by atoms with Crippen LogP contribution in [0.1, 0.15) is 22.3 Å². The smallest absolute Gasteiger partial charge is 0.340 e. The maximum Gasteiger partial charge on any atom is 0.340 e. The molecule has 0 spiro atoms. The molecule has 1 unspecified atom stereocenters. The lowest BCUT2D eigenvalue weighted by atomic mass is 10.1. The average Bonchev–Trinajstić information content (AvgIpc) is 3.29. The summed E-state index contributed by atoms with van der Waals surface area (Å²) in [6.07, 6.45) is 2.11. The number of benzene rings is 1. The van der Waals surface area contributed by atoms with E-state index >= 15 is 0 Å². The number of hydrogen-bond donors (Lipinski definition) is 1. The maximum atomic E-state index is 12.9. The molecule has 1 saturated heterocycles. The van der Waals surface area contributed by atoms with Gasteiger partial charge in [0.1, 0.15) is 23.2 Å². The van der Waals surface area contributed by atoms with E-state index in [1.54, 1.807) is 16.3 Å². The molecule has 0 aliphatic carbocycles. The molecule has 8 heteroatoms.